The molecular formula is C59H58N2O8. The Morgan fingerprint density at radius 3 is 0.971 bits per heavy atom. The second kappa shape index (κ2) is 21.5. The third-order valence-corrected chi connectivity index (χ3v) is 13.0. The number of hydrogen-bond acceptors (Lipinski definition) is 8. The Labute approximate surface area is 403 Å². The van der Waals surface area contributed by atoms with Crippen LogP contribution in [0.2, 0.25) is 0 Å². The Hall–Kier alpha value is -7.66. The molecule has 0 aromatic heterocycles. The van der Waals surface area contributed by atoms with Gasteiger partial charge < -0.3 is 39.8 Å². The maximum absolute atomic E-state index is 14.8. The predicted octanol–water partition coefficient (Wildman–Crippen LogP) is 9.87. The van der Waals surface area contributed by atoms with Gasteiger partial charge in [-0.05, 0) is 103 Å². The molecule has 0 aliphatic rings. The van der Waals surface area contributed by atoms with Crippen LogP contribution in [0.1, 0.15) is 51.9 Å². The molecule has 352 valence electrons. The number of nitrogens with one attached hydrogen (secondary N) is 2. The van der Waals surface area contributed by atoms with Gasteiger partial charge in [-0.1, -0.05) is 133 Å². The van der Waals surface area contributed by atoms with Crippen molar-refractivity contribution in [1.29, 1.82) is 0 Å². The monoisotopic (exact) mass is 922 g/mol. The summed E-state index contributed by atoms with van der Waals surface area (Å²) in [7, 11) is 6.40. The highest BCUT2D eigenvalue weighted by atomic mass is 16.5. The second-order valence-corrected chi connectivity index (χ2v) is 17.6. The van der Waals surface area contributed by atoms with Crippen molar-refractivity contribution in [2.75, 3.05) is 28.4 Å². The fourth-order valence-corrected chi connectivity index (χ4v) is 9.50. The van der Waals surface area contributed by atoms with Crippen molar-refractivity contribution in [3.63, 3.8) is 0 Å². The number of methoxy groups -OCH3 is 4. The number of fused-ring (bicyclic) bond motifs is 2. The van der Waals surface area contributed by atoms with Crippen molar-refractivity contribution >= 4 is 33.4 Å². The molecule has 0 bridgehead atoms. The van der Waals surface area contributed by atoms with Crippen LogP contribution in [0.25, 0.3) is 21.5 Å². The summed E-state index contributed by atoms with van der Waals surface area (Å²) >= 11 is 0. The lowest BCUT2D eigenvalue weighted by Crippen LogP contribution is -2.51. The molecule has 2 atom stereocenters. The van der Waals surface area contributed by atoms with Crippen molar-refractivity contribution in [2.45, 2.75) is 55.4 Å². The molecule has 8 aromatic rings. The Morgan fingerprint density at radius 1 is 0.406 bits per heavy atom. The van der Waals surface area contributed by atoms with Crippen LogP contribution in [0.15, 0.2) is 182 Å². The molecular weight excluding hydrogens is 865 g/mol. The zero-order valence-electron chi connectivity index (χ0n) is 39.4. The topological polar surface area (TPSA) is 136 Å². The lowest BCUT2D eigenvalue weighted by Gasteiger charge is -2.39. The highest BCUT2D eigenvalue weighted by molar-refractivity contribution is 5.98. The van der Waals surface area contributed by atoms with Crippen LogP contribution in [0, 0.1) is 0 Å². The van der Waals surface area contributed by atoms with E-state index in [1.807, 2.05) is 182 Å². The van der Waals surface area contributed by atoms with Gasteiger partial charge in [0, 0.05) is 25.7 Å². The van der Waals surface area contributed by atoms with E-state index in [0.29, 0.717) is 34.1 Å². The number of hydrogen-bond donors (Lipinski definition) is 4. The summed E-state index contributed by atoms with van der Waals surface area (Å²) in [5, 5.41) is 36.6. The average Bonchev–Trinajstić information content (AvgIpc) is 3.37. The molecule has 4 N–H and O–H groups in total. The summed E-state index contributed by atoms with van der Waals surface area (Å²) in [6.07, 6.45) is -0.0655. The molecule has 10 nitrogen and oxygen atoms in total. The third-order valence-electron chi connectivity index (χ3n) is 13.0. The van der Waals surface area contributed by atoms with Gasteiger partial charge in [-0.3, -0.25) is 9.59 Å². The third kappa shape index (κ3) is 11.4. The number of aliphatic hydroxyl groups is 2. The van der Waals surface area contributed by atoms with Crippen LogP contribution in [-0.4, -0.2) is 61.7 Å². The van der Waals surface area contributed by atoms with Crippen LogP contribution in [0.3, 0.4) is 0 Å². The van der Waals surface area contributed by atoms with E-state index in [9.17, 15) is 19.8 Å². The normalized spacial score (nSPS) is 12.5. The molecule has 0 unspecified atom stereocenters. The molecule has 0 saturated carbocycles. The Kier molecular flexibility index (Phi) is 14.9. The van der Waals surface area contributed by atoms with Crippen LogP contribution in [-0.2, 0) is 35.3 Å². The minimum Gasteiger partial charge on any atom is -0.497 e. The molecule has 0 aliphatic heterocycles. The second-order valence-electron chi connectivity index (χ2n) is 17.6. The first kappa shape index (κ1) is 47.8. The molecule has 10 heteroatoms. The van der Waals surface area contributed by atoms with Gasteiger partial charge in [-0.2, -0.15) is 0 Å². The van der Waals surface area contributed by atoms with Gasteiger partial charge in [-0.15, -0.1) is 0 Å². The van der Waals surface area contributed by atoms with E-state index < -0.39 is 41.5 Å². The fourth-order valence-electron chi connectivity index (χ4n) is 9.50. The highest BCUT2D eigenvalue weighted by Crippen LogP contribution is 2.39. The van der Waals surface area contributed by atoms with Gasteiger partial charge in [0.25, 0.3) is 0 Å². The summed E-state index contributed by atoms with van der Waals surface area (Å²) in [6.45, 7) is 0. The standard InChI is InChI=1S/C59H58N2O8/c1-66-46-27-19-40(20-28-46)36-58(64,37-41-21-29-47(67-2)30-22-41)56(52-17-9-13-44-11-5-7-15-50(44)52)60-54(62)35-55(63)61-57(53-18-10-14-45-12-6-8-16-51(45)53)59(65,38-42-23-31-48(68-3)32-24-42)39-43-25-33-49(69-4)34-26-43/h5-34,56-57,64-65H,35-39H2,1-4H3,(H,60,62)(H,61,63)/t56-,57-/m0/s1. The van der Waals surface area contributed by atoms with Crippen molar-refractivity contribution in [2.24, 2.45) is 0 Å². The van der Waals surface area contributed by atoms with Crippen LogP contribution >= 0.6 is 0 Å². The summed E-state index contributed by atoms with van der Waals surface area (Å²) in [5.41, 5.74) is 1.36. The fraction of sp³-hybridized carbons (Fsp3) is 0.220. The molecule has 0 aliphatic carbocycles. The summed E-state index contributed by atoms with van der Waals surface area (Å²) in [4.78, 5) is 29.5. The van der Waals surface area contributed by atoms with Gasteiger partial charge >= 0.3 is 0 Å². The van der Waals surface area contributed by atoms with Crippen LogP contribution < -0.4 is 29.6 Å². The summed E-state index contributed by atoms with van der Waals surface area (Å²) in [6, 6.07) is 55.2. The molecule has 0 radical (unpaired) electrons. The van der Waals surface area contributed by atoms with Gasteiger partial charge in [0.1, 0.15) is 29.4 Å². The van der Waals surface area contributed by atoms with E-state index in [4.69, 9.17) is 18.9 Å². The van der Waals surface area contributed by atoms with E-state index in [-0.39, 0.29) is 25.7 Å². The van der Waals surface area contributed by atoms with E-state index in [2.05, 4.69) is 10.6 Å². The maximum Gasteiger partial charge on any atom is 0.230 e. The number of rotatable bonds is 20. The van der Waals surface area contributed by atoms with Gasteiger partial charge in [0.2, 0.25) is 11.8 Å². The first-order chi connectivity index (χ1) is 33.5. The SMILES string of the molecule is COc1ccc(CC(O)(Cc2ccc(OC)cc2)[C@@H](NC(=O)CC(=O)N[C@@H](c2cccc3ccccc23)C(O)(Cc2ccc(OC)cc2)Cc2ccc(OC)cc2)c2cccc3ccccc23)cc1. The first-order valence-corrected chi connectivity index (χ1v) is 23.0. The number of benzene rings is 8. The molecule has 0 fully saturated rings. The predicted molar refractivity (Wildman–Crippen MR) is 271 cm³/mol. The smallest absolute Gasteiger partial charge is 0.230 e. The number of carbonyl (C=O) groups is 2. The van der Waals surface area contributed by atoms with E-state index in [1.54, 1.807) is 28.4 Å². The zero-order chi connectivity index (χ0) is 48.4. The van der Waals surface area contributed by atoms with Crippen molar-refractivity contribution in [1.82, 2.24) is 10.6 Å². The highest BCUT2D eigenvalue weighted by Gasteiger charge is 2.42. The molecule has 0 heterocycles. The molecule has 8 rings (SSSR count). The van der Waals surface area contributed by atoms with E-state index in [1.165, 1.54) is 0 Å². The molecule has 0 saturated heterocycles. The molecule has 2 amide bonds. The Balaban J connectivity index is 1.18. The zero-order valence-corrected chi connectivity index (χ0v) is 39.4. The quantitative estimate of drug-likeness (QED) is 0.0556. The van der Waals surface area contributed by atoms with Crippen molar-refractivity contribution < 1.29 is 38.7 Å². The number of carbonyl (C=O) groups excluding carboxylic acids is 2. The Morgan fingerprint density at radius 2 is 0.681 bits per heavy atom. The van der Waals surface area contributed by atoms with Gasteiger partial charge in [0.05, 0.1) is 51.7 Å². The average molecular weight is 923 g/mol. The van der Waals surface area contributed by atoms with Crippen LogP contribution in [0.5, 0.6) is 23.0 Å². The van der Waals surface area contributed by atoms with Crippen LogP contribution in [0.4, 0.5) is 0 Å². The van der Waals surface area contributed by atoms with E-state index in [0.717, 1.165) is 43.8 Å². The maximum atomic E-state index is 14.8. The number of ether oxygens (including phenoxy) is 4. The molecule has 69 heavy (non-hydrogen) atoms. The summed E-state index contributed by atoms with van der Waals surface area (Å²) in [5.74, 6) is 1.46. The number of amides is 2. The lowest BCUT2D eigenvalue weighted by atomic mass is 9.77. The largest absolute Gasteiger partial charge is 0.497 e. The molecule has 8 aromatic carbocycles. The Bertz CT molecular complexity index is 2680. The first-order valence-electron chi connectivity index (χ1n) is 23.0. The summed E-state index contributed by atoms with van der Waals surface area (Å²) < 4.78 is 21.8. The van der Waals surface area contributed by atoms with E-state index >= 15 is 0 Å². The molecule has 0 spiro atoms. The minimum atomic E-state index is -1.64. The van der Waals surface area contributed by atoms with Gasteiger partial charge in [0.15, 0.2) is 0 Å². The lowest BCUT2D eigenvalue weighted by molar-refractivity contribution is -0.133. The minimum absolute atomic E-state index is 0.135. The van der Waals surface area contributed by atoms with Crippen molar-refractivity contribution in [3.8, 4) is 23.0 Å². The van der Waals surface area contributed by atoms with Crippen molar-refractivity contribution in [3.05, 3.63) is 215 Å². The van der Waals surface area contributed by atoms with Gasteiger partial charge in [-0.25, -0.2) is 0 Å².